The van der Waals surface area contributed by atoms with Crippen molar-refractivity contribution in [2.24, 2.45) is 5.92 Å². The molecule has 0 radical (unpaired) electrons. The fourth-order valence-corrected chi connectivity index (χ4v) is 2.46. The Hall–Kier alpha value is 0.210. The summed E-state index contributed by atoms with van der Waals surface area (Å²) in [6, 6.07) is 0. The van der Waals surface area contributed by atoms with Gasteiger partial charge in [-0.25, -0.2) is 0 Å². The molecule has 0 amide bonds. The summed E-state index contributed by atoms with van der Waals surface area (Å²) in [4.78, 5) is 2.57. The fraction of sp³-hybridized carbons (Fsp3) is 1.00. The molecule has 1 saturated heterocycles. The van der Waals surface area contributed by atoms with Crippen LogP contribution in [-0.4, -0.2) is 44.1 Å². The predicted molar refractivity (Wildman–Crippen MR) is 65.6 cm³/mol. The number of hydrogen-bond donors (Lipinski definition) is 0. The third kappa shape index (κ3) is 5.74. The minimum Gasteiger partial charge on any atom is -0.384 e. The summed E-state index contributed by atoms with van der Waals surface area (Å²) in [6.07, 6.45) is 6.44. The van der Waals surface area contributed by atoms with Crippen molar-refractivity contribution in [2.45, 2.75) is 32.1 Å². The zero-order chi connectivity index (χ0) is 10.9. The van der Waals surface area contributed by atoms with Gasteiger partial charge in [0.1, 0.15) is 0 Å². The Labute approximate surface area is 98.9 Å². The van der Waals surface area contributed by atoms with E-state index in [1.165, 1.54) is 51.7 Å². The van der Waals surface area contributed by atoms with Gasteiger partial charge in [0.25, 0.3) is 0 Å². The first-order valence-corrected chi connectivity index (χ1v) is 6.67. The van der Waals surface area contributed by atoms with E-state index in [2.05, 4.69) is 4.90 Å². The van der Waals surface area contributed by atoms with E-state index in [0.717, 1.165) is 18.4 Å². The van der Waals surface area contributed by atoms with E-state index in [9.17, 15) is 0 Å². The van der Waals surface area contributed by atoms with Gasteiger partial charge in [-0.15, -0.1) is 11.6 Å². The highest BCUT2D eigenvalue weighted by Crippen LogP contribution is 2.17. The van der Waals surface area contributed by atoms with Crippen LogP contribution in [0.4, 0.5) is 0 Å². The number of hydrogen-bond acceptors (Lipinski definition) is 2. The van der Waals surface area contributed by atoms with Crippen molar-refractivity contribution in [3.63, 3.8) is 0 Å². The Balaban J connectivity index is 1.94. The number of nitrogens with zero attached hydrogens (tertiary/aromatic N) is 1. The molecule has 1 aliphatic rings. The van der Waals surface area contributed by atoms with Crippen LogP contribution in [0.5, 0.6) is 0 Å². The molecular weight excluding hydrogens is 210 g/mol. The molecule has 0 bridgehead atoms. The Morgan fingerprint density at radius 1 is 1.27 bits per heavy atom. The van der Waals surface area contributed by atoms with Crippen molar-refractivity contribution in [1.82, 2.24) is 4.90 Å². The van der Waals surface area contributed by atoms with Crippen LogP contribution in [0, 0.1) is 5.92 Å². The van der Waals surface area contributed by atoms with Crippen molar-refractivity contribution >= 4 is 11.6 Å². The molecule has 2 nitrogen and oxygen atoms in total. The van der Waals surface area contributed by atoms with Gasteiger partial charge in [0.05, 0.1) is 6.61 Å². The summed E-state index contributed by atoms with van der Waals surface area (Å²) in [5.41, 5.74) is 0. The number of halogens is 1. The normalized spacial score (nSPS) is 22.4. The van der Waals surface area contributed by atoms with Crippen molar-refractivity contribution in [2.75, 3.05) is 39.2 Å². The molecule has 1 atom stereocenters. The highest BCUT2D eigenvalue weighted by Gasteiger charge is 2.21. The minimum absolute atomic E-state index is 0.776. The average molecular weight is 234 g/mol. The monoisotopic (exact) mass is 233 g/mol. The SMILES string of the molecule is COCC1CCN(CCCCCCCl)C1. The number of likely N-dealkylation sites (tertiary alicyclic amines) is 1. The van der Waals surface area contributed by atoms with Crippen LogP contribution in [0.25, 0.3) is 0 Å². The van der Waals surface area contributed by atoms with Crippen LogP contribution in [-0.2, 0) is 4.74 Å². The molecule has 1 aliphatic heterocycles. The maximum Gasteiger partial charge on any atom is 0.0503 e. The van der Waals surface area contributed by atoms with Crippen LogP contribution in [0.3, 0.4) is 0 Å². The second kappa shape index (κ2) is 8.37. The largest absolute Gasteiger partial charge is 0.384 e. The van der Waals surface area contributed by atoms with E-state index in [-0.39, 0.29) is 0 Å². The van der Waals surface area contributed by atoms with Gasteiger partial charge >= 0.3 is 0 Å². The zero-order valence-electron chi connectivity index (χ0n) is 9.88. The number of unbranched alkanes of at least 4 members (excludes halogenated alkanes) is 3. The van der Waals surface area contributed by atoms with Crippen LogP contribution in [0.1, 0.15) is 32.1 Å². The Kier molecular flexibility index (Phi) is 7.41. The second-order valence-corrected chi connectivity index (χ2v) is 4.89. The Bertz CT molecular complexity index is 155. The number of ether oxygens (including phenoxy) is 1. The second-order valence-electron chi connectivity index (χ2n) is 4.51. The van der Waals surface area contributed by atoms with Crippen LogP contribution in [0.2, 0.25) is 0 Å². The topological polar surface area (TPSA) is 12.5 Å². The maximum atomic E-state index is 5.64. The van der Waals surface area contributed by atoms with E-state index in [0.29, 0.717) is 0 Å². The smallest absolute Gasteiger partial charge is 0.0503 e. The van der Waals surface area contributed by atoms with Gasteiger partial charge in [-0.1, -0.05) is 12.8 Å². The first-order valence-electron chi connectivity index (χ1n) is 6.14. The lowest BCUT2D eigenvalue weighted by molar-refractivity contribution is 0.153. The van der Waals surface area contributed by atoms with Gasteiger partial charge in [0, 0.05) is 19.5 Å². The first kappa shape index (κ1) is 13.3. The summed E-state index contributed by atoms with van der Waals surface area (Å²) in [5.74, 6) is 1.59. The van der Waals surface area contributed by atoms with E-state index >= 15 is 0 Å². The van der Waals surface area contributed by atoms with E-state index in [4.69, 9.17) is 16.3 Å². The standard InChI is InChI=1S/C12H24ClNO/c1-15-11-12-6-9-14(10-12)8-5-3-2-4-7-13/h12H,2-11H2,1H3. The minimum atomic E-state index is 0.776. The van der Waals surface area contributed by atoms with Gasteiger partial charge in [-0.2, -0.15) is 0 Å². The molecule has 15 heavy (non-hydrogen) atoms. The summed E-state index contributed by atoms with van der Waals surface area (Å²) in [6.45, 7) is 4.71. The first-order chi connectivity index (χ1) is 7.36. The molecule has 1 unspecified atom stereocenters. The van der Waals surface area contributed by atoms with Crippen molar-refractivity contribution in [3.8, 4) is 0 Å². The molecule has 0 aliphatic carbocycles. The third-order valence-electron chi connectivity index (χ3n) is 3.13. The molecule has 90 valence electrons. The van der Waals surface area contributed by atoms with Gasteiger partial charge in [0.2, 0.25) is 0 Å². The van der Waals surface area contributed by atoms with Gasteiger partial charge in [-0.05, 0) is 38.3 Å². The molecule has 0 saturated carbocycles. The average Bonchev–Trinajstić information content (AvgIpc) is 2.66. The van der Waals surface area contributed by atoms with Crippen LogP contribution < -0.4 is 0 Å². The molecule has 0 aromatic carbocycles. The van der Waals surface area contributed by atoms with Gasteiger partial charge < -0.3 is 9.64 Å². The van der Waals surface area contributed by atoms with E-state index in [1.807, 2.05) is 0 Å². The molecule has 3 heteroatoms. The molecule has 0 spiro atoms. The Morgan fingerprint density at radius 3 is 2.80 bits per heavy atom. The molecule has 1 rings (SSSR count). The van der Waals surface area contributed by atoms with E-state index in [1.54, 1.807) is 7.11 Å². The Morgan fingerprint density at radius 2 is 2.07 bits per heavy atom. The van der Waals surface area contributed by atoms with Gasteiger partial charge in [0.15, 0.2) is 0 Å². The van der Waals surface area contributed by atoms with Crippen molar-refractivity contribution in [1.29, 1.82) is 0 Å². The van der Waals surface area contributed by atoms with Crippen molar-refractivity contribution in [3.05, 3.63) is 0 Å². The fourth-order valence-electron chi connectivity index (χ4n) is 2.27. The summed E-state index contributed by atoms with van der Waals surface area (Å²) < 4.78 is 5.19. The lowest BCUT2D eigenvalue weighted by Crippen LogP contribution is -2.22. The van der Waals surface area contributed by atoms with Crippen LogP contribution in [0.15, 0.2) is 0 Å². The highest BCUT2D eigenvalue weighted by atomic mass is 35.5. The molecular formula is C12H24ClNO. The third-order valence-corrected chi connectivity index (χ3v) is 3.40. The lowest BCUT2D eigenvalue weighted by Gasteiger charge is -2.15. The number of methoxy groups -OCH3 is 1. The molecule has 1 fully saturated rings. The van der Waals surface area contributed by atoms with Crippen molar-refractivity contribution < 1.29 is 4.74 Å². The lowest BCUT2D eigenvalue weighted by atomic mass is 10.1. The van der Waals surface area contributed by atoms with Gasteiger partial charge in [-0.3, -0.25) is 0 Å². The molecule has 0 aromatic heterocycles. The summed E-state index contributed by atoms with van der Waals surface area (Å²) in [5, 5.41) is 0. The molecule has 1 heterocycles. The maximum absolute atomic E-state index is 5.64. The molecule has 0 aromatic rings. The van der Waals surface area contributed by atoms with E-state index < -0.39 is 0 Å². The number of alkyl halides is 1. The number of rotatable bonds is 8. The van der Waals surface area contributed by atoms with Crippen LogP contribution >= 0.6 is 11.6 Å². The molecule has 0 N–H and O–H groups in total. The quantitative estimate of drug-likeness (QED) is 0.472. The highest BCUT2D eigenvalue weighted by molar-refractivity contribution is 6.17. The predicted octanol–water partition coefficient (Wildman–Crippen LogP) is 2.75. The summed E-state index contributed by atoms with van der Waals surface area (Å²) in [7, 11) is 1.80. The zero-order valence-corrected chi connectivity index (χ0v) is 10.6. The summed E-state index contributed by atoms with van der Waals surface area (Å²) >= 11 is 5.64.